The maximum atomic E-state index is 12.3. The van der Waals surface area contributed by atoms with Gasteiger partial charge < -0.3 is 10.5 Å². The van der Waals surface area contributed by atoms with Gasteiger partial charge in [-0.2, -0.15) is 0 Å². The Morgan fingerprint density at radius 1 is 1.21 bits per heavy atom. The fourth-order valence-electron chi connectivity index (χ4n) is 2.22. The summed E-state index contributed by atoms with van der Waals surface area (Å²) in [6, 6.07) is 9.57. The van der Waals surface area contributed by atoms with Crippen LogP contribution in [0.5, 0.6) is 0 Å². The fraction of sp³-hybridized carbons (Fsp3) is 0.556. The van der Waals surface area contributed by atoms with Gasteiger partial charge in [0, 0.05) is 0 Å². The fourth-order valence-corrected chi connectivity index (χ4v) is 2.22. The van der Waals surface area contributed by atoms with Crippen LogP contribution < -0.4 is 11.1 Å². The number of rotatable bonds is 9. The lowest BCUT2D eigenvalue weighted by molar-refractivity contribution is -0.132. The summed E-state index contributed by atoms with van der Waals surface area (Å²) >= 11 is 0. The number of unbranched alkanes of at least 4 members (excludes halogenated alkanes) is 1. The molecule has 2 amide bonds. The molecule has 0 aliphatic rings. The van der Waals surface area contributed by atoms with Crippen LogP contribution in [0.2, 0.25) is 0 Å². The maximum absolute atomic E-state index is 12.3. The number of amides is 2. The number of imide groups is 1. The molecule has 0 spiro atoms. The van der Waals surface area contributed by atoms with Crippen molar-refractivity contribution >= 4 is 12.0 Å². The first kappa shape index (κ1) is 20.1. The Kier molecular flexibility index (Phi) is 9.04. The molecule has 6 nitrogen and oxygen atoms in total. The number of aryl methyl sites for hydroxylation is 1. The Hall–Kier alpha value is -1.92. The van der Waals surface area contributed by atoms with E-state index in [0.29, 0.717) is 6.54 Å². The van der Waals surface area contributed by atoms with Crippen LogP contribution in [0.3, 0.4) is 0 Å². The van der Waals surface area contributed by atoms with Crippen LogP contribution >= 0.6 is 0 Å². The van der Waals surface area contributed by atoms with E-state index in [1.807, 2.05) is 32.0 Å². The van der Waals surface area contributed by atoms with Crippen molar-refractivity contribution in [3.05, 3.63) is 35.9 Å². The quantitative estimate of drug-likeness (QED) is 0.533. The average Bonchev–Trinajstić information content (AvgIpc) is 2.60. The summed E-state index contributed by atoms with van der Waals surface area (Å²) in [7, 11) is 1.25. The van der Waals surface area contributed by atoms with Crippen molar-refractivity contribution in [2.75, 3.05) is 20.3 Å². The van der Waals surface area contributed by atoms with Gasteiger partial charge in [-0.25, -0.2) is 9.69 Å². The predicted molar refractivity (Wildman–Crippen MR) is 94.3 cm³/mol. The van der Waals surface area contributed by atoms with Crippen molar-refractivity contribution in [3.8, 4) is 0 Å². The number of ether oxygens (including phenoxy) is 1. The first-order valence-corrected chi connectivity index (χ1v) is 8.37. The number of carbonyl (C=O) groups excluding carboxylic acids is 2. The average molecular weight is 335 g/mol. The van der Waals surface area contributed by atoms with Gasteiger partial charge in [0.05, 0.1) is 19.8 Å². The van der Waals surface area contributed by atoms with E-state index in [9.17, 15) is 9.59 Å². The SMILES string of the molecule is COC(=O)N(CNCCCCc1ccccc1)C(=O)[C@@H](N)C(C)C. The molecule has 0 heterocycles. The van der Waals surface area contributed by atoms with Crippen molar-refractivity contribution in [1.29, 1.82) is 0 Å². The smallest absolute Gasteiger partial charge is 0.417 e. The molecule has 134 valence electrons. The number of nitrogens with two attached hydrogens (primary N) is 1. The van der Waals surface area contributed by atoms with Crippen molar-refractivity contribution in [1.82, 2.24) is 10.2 Å². The van der Waals surface area contributed by atoms with E-state index >= 15 is 0 Å². The standard InChI is InChI=1S/C18H29N3O3/c1-14(2)16(19)17(22)21(18(23)24-3)13-20-12-8-7-11-15-9-5-4-6-10-15/h4-6,9-10,14,16,20H,7-8,11-13,19H2,1-3H3/t16-/m0/s1. The zero-order valence-electron chi connectivity index (χ0n) is 14.8. The second-order valence-corrected chi connectivity index (χ2v) is 6.11. The first-order chi connectivity index (χ1) is 11.5. The molecule has 3 N–H and O–H groups in total. The van der Waals surface area contributed by atoms with E-state index in [1.54, 1.807) is 0 Å². The summed E-state index contributed by atoms with van der Waals surface area (Å²) in [5.41, 5.74) is 7.15. The van der Waals surface area contributed by atoms with Gasteiger partial charge in [-0.05, 0) is 37.3 Å². The molecule has 6 heteroatoms. The van der Waals surface area contributed by atoms with Gasteiger partial charge in [0.2, 0.25) is 5.91 Å². The summed E-state index contributed by atoms with van der Waals surface area (Å²) < 4.78 is 4.67. The van der Waals surface area contributed by atoms with Gasteiger partial charge >= 0.3 is 6.09 Å². The number of nitrogens with zero attached hydrogens (tertiary/aromatic N) is 1. The van der Waals surface area contributed by atoms with Crippen LogP contribution in [0.25, 0.3) is 0 Å². The van der Waals surface area contributed by atoms with E-state index in [4.69, 9.17) is 5.73 Å². The minimum Gasteiger partial charge on any atom is -0.452 e. The van der Waals surface area contributed by atoms with E-state index in [0.717, 1.165) is 24.2 Å². The van der Waals surface area contributed by atoms with Crippen LogP contribution in [0.15, 0.2) is 30.3 Å². The maximum Gasteiger partial charge on any atom is 0.417 e. The first-order valence-electron chi connectivity index (χ1n) is 8.37. The van der Waals surface area contributed by atoms with E-state index in [1.165, 1.54) is 12.7 Å². The number of methoxy groups -OCH3 is 1. The Bertz CT molecular complexity index is 505. The number of carbonyl (C=O) groups is 2. The van der Waals surface area contributed by atoms with Gasteiger partial charge in [0.15, 0.2) is 0 Å². The molecule has 0 fully saturated rings. The molecule has 1 aromatic carbocycles. The molecule has 24 heavy (non-hydrogen) atoms. The highest BCUT2D eigenvalue weighted by molar-refractivity contribution is 5.94. The van der Waals surface area contributed by atoms with Crippen LogP contribution in [-0.4, -0.2) is 43.3 Å². The molecular weight excluding hydrogens is 306 g/mol. The molecule has 1 aromatic rings. The van der Waals surface area contributed by atoms with Crippen molar-refractivity contribution in [2.45, 2.75) is 39.2 Å². The zero-order valence-corrected chi connectivity index (χ0v) is 14.8. The molecule has 0 aromatic heterocycles. The normalized spacial score (nSPS) is 12.0. The number of hydrogen-bond donors (Lipinski definition) is 2. The lowest BCUT2D eigenvalue weighted by Gasteiger charge is -2.24. The van der Waals surface area contributed by atoms with Crippen molar-refractivity contribution in [3.63, 3.8) is 0 Å². The summed E-state index contributed by atoms with van der Waals surface area (Å²) in [5.74, 6) is -0.468. The Balaban J connectivity index is 2.34. The third kappa shape index (κ3) is 6.68. The van der Waals surface area contributed by atoms with Gasteiger partial charge in [-0.15, -0.1) is 0 Å². The second-order valence-electron chi connectivity index (χ2n) is 6.11. The highest BCUT2D eigenvalue weighted by Gasteiger charge is 2.28. The summed E-state index contributed by atoms with van der Waals surface area (Å²) in [6.45, 7) is 4.51. The molecule has 0 unspecified atom stereocenters. The molecule has 0 aliphatic carbocycles. The van der Waals surface area contributed by atoms with E-state index < -0.39 is 18.0 Å². The summed E-state index contributed by atoms with van der Waals surface area (Å²) in [6.07, 6.45) is 2.32. The van der Waals surface area contributed by atoms with E-state index in [2.05, 4.69) is 22.2 Å². The third-order valence-electron chi connectivity index (χ3n) is 3.85. The van der Waals surface area contributed by atoms with Gasteiger partial charge in [0.25, 0.3) is 0 Å². The molecule has 0 bridgehead atoms. The molecule has 0 radical (unpaired) electrons. The monoisotopic (exact) mass is 335 g/mol. The van der Waals surface area contributed by atoms with Gasteiger partial charge in [-0.3, -0.25) is 10.1 Å². The molecule has 0 saturated carbocycles. The van der Waals surface area contributed by atoms with Crippen LogP contribution in [0, 0.1) is 5.92 Å². The minimum atomic E-state index is -0.719. The van der Waals surface area contributed by atoms with E-state index in [-0.39, 0.29) is 12.6 Å². The van der Waals surface area contributed by atoms with Crippen molar-refractivity contribution in [2.24, 2.45) is 11.7 Å². The topological polar surface area (TPSA) is 84.7 Å². The Morgan fingerprint density at radius 3 is 2.46 bits per heavy atom. The molecule has 0 saturated heterocycles. The van der Waals surface area contributed by atoms with Gasteiger partial charge in [-0.1, -0.05) is 44.2 Å². The lowest BCUT2D eigenvalue weighted by Crippen LogP contribution is -2.52. The third-order valence-corrected chi connectivity index (χ3v) is 3.85. The molecule has 1 rings (SSSR count). The summed E-state index contributed by atoms with van der Waals surface area (Å²) in [4.78, 5) is 25.1. The Labute approximate surface area is 144 Å². The molecular formula is C18H29N3O3. The number of benzene rings is 1. The number of nitrogens with one attached hydrogen (secondary N) is 1. The van der Waals surface area contributed by atoms with Crippen LogP contribution in [0.1, 0.15) is 32.3 Å². The molecule has 1 atom stereocenters. The second kappa shape index (κ2) is 10.8. The zero-order chi connectivity index (χ0) is 17.9. The minimum absolute atomic E-state index is 0.0458. The van der Waals surface area contributed by atoms with Crippen molar-refractivity contribution < 1.29 is 14.3 Å². The Morgan fingerprint density at radius 2 is 1.88 bits per heavy atom. The highest BCUT2D eigenvalue weighted by atomic mass is 16.5. The van der Waals surface area contributed by atoms with Crippen LogP contribution in [-0.2, 0) is 16.0 Å². The van der Waals surface area contributed by atoms with Gasteiger partial charge in [0.1, 0.15) is 0 Å². The largest absolute Gasteiger partial charge is 0.452 e. The summed E-state index contributed by atoms with van der Waals surface area (Å²) in [5, 5.41) is 3.11. The predicted octanol–water partition coefficient (Wildman–Crippen LogP) is 2.13. The van der Waals surface area contributed by atoms with Crippen LogP contribution in [0.4, 0.5) is 4.79 Å². The lowest BCUT2D eigenvalue weighted by atomic mass is 10.0. The highest BCUT2D eigenvalue weighted by Crippen LogP contribution is 2.06. The number of hydrogen-bond acceptors (Lipinski definition) is 5. The molecule has 0 aliphatic heterocycles.